The zero-order valence-corrected chi connectivity index (χ0v) is 17.9. The zero-order valence-electron chi connectivity index (χ0n) is 16.3. The second kappa shape index (κ2) is 11.0. The Bertz CT molecular complexity index is 1090. The van der Waals surface area contributed by atoms with Crippen LogP contribution in [0.2, 0.25) is 0 Å². The maximum Gasteiger partial charge on any atom is 0.273 e. The molecule has 0 atom stereocenters. The van der Waals surface area contributed by atoms with Crippen molar-refractivity contribution >= 4 is 39.6 Å². The van der Waals surface area contributed by atoms with Gasteiger partial charge >= 0.3 is 0 Å². The van der Waals surface area contributed by atoms with Crippen LogP contribution in [0.15, 0.2) is 76.6 Å². The van der Waals surface area contributed by atoms with Gasteiger partial charge in [0, 0.05) is 22.4 Å². The Morgan fingerprint density at radius 2 is 1.90 bits per heavy atom. The van der Waals surface area contributed by atoms with Crippen LogP contribution < -0.4 is 15.5 Å². The molecule has 1 heterocycles. The highest BCUT2D eigenvalue weighted by atomic mass is 79.9. The predicted molar refractivity (Wildman–Crippen MR) is 120 cm³/mol. The van der Waals surface area contributed by atoms with Gasteiger partial charge < -0.3 is 15.2 Å². The highest BCUT2D eigenvalue weighted by Gasteiger charge is 2.15. The number of rotatable bonds is 8. The molecule has 0 aliphatic heterocycles. The fourth-order valence-electron chi connectivity index (χ4n) is 2.58. The third kappa shape index (κ3) is 6.46. The van der Waals surface area contributed by atoms with Gasteiger partial charge in [0.25, 0.3) is 11.8 Å². The van der Waals surface area contributed by atoms with Crippen molar-refractivity contribution in [3.8, 4) is 5.75 Å². The van der Waals surface area contributed by atoms with Crippen LogP contribution in [0.5, 0.6) is 5.75 Å². The number of aliphatic hydroxyl groups excluding tert-OH is 1. The average Bonchev–Trinajstić information content (AvgIpc) is 2.79. The summed E-state index contributed by atoms with van der Waals surface area (Å²) in [5.41, 5.74) is 4.17. The SMILES string of the molecule is O=C(Nc1ccc(Br)cc1C(=O)N/N=C/c1cccc(OCCO)c1)c1ccncc1. The van der Waals surface area contributed by atoms with E-state index in [9.17, 15) is 9.59 Å². The lowest BCUT2D eigenvalue weighted by Crippen LogP contribution is -2.21. The van der Waals surface area contributed by atoms with E-state index in [0.717, 1.165) is 0 Å². The van der Waals surface area contributed by atoms with Crippen molar-refractivity contribution in [2.75, 3.05) is 18.5 Å². The third-order valence-corrected chi connectivity index (χ3v) is 4.51. The second-order valence-corrected chi connectivity index (χ2v) is 7.14. The molecule has 2 amide bonds. The van der Waals surface area contributed by atoms with E-state index < -0.39 is 5.91 Å². The van der Waals surface area contributed by atoms with Crippen LogP contribution in [0.4, 0.5) is 5.69 Å². The van der Waals surface area contributed by atoms with E-state index in [1.54, 1.807) is 54.6 Å². The lowest BCUT2D eigenvalue weighted by molar-refractivity contribution is 0.0956. The lowest BCUT2D eigenvalue weighted by atomic mass is 10.1. The number of halogens is 1. The molecule has 2 aromatic carbocycles. The minimum absolute atomic E-state index is 0.0823. The molecule has 3 N–H and O–H groups in total. The quantitative estimate of drug-likeness (QED) is 0.337. The lowest BCUT2D eigenvalue weighted by Gasteiger charge is -2.11. The molecule has 0 aliphatic carbocycles. The first-order valence-electron chi connectivity index (χ1n) is 9.25. The van der Waals surface area contributed by atoms with E-state index in [2.05, 4.69) is 36.8 Å². The van der Waals surface area contributed by atoms with Crippen LogP contribution >= 0.6 is 15.9 Å². The van der Waals surface area contributed by atoms with Crippen molar-refractivity contribution in [2.24, 2.45) is 5.10 Å². The first-order chi connectivity index (χ1) is 15.1. The number of benzene rings is 2. The number of hydrazone groups is 1. The summed E-state index contributed by atoms with van der Waals surface area (Å²) >= 11 is 3.34. The Labute approximate surface area is 187 Å². The zero-order chi connectivity index (χ0) is 22.1. The van der Waals surface area contributed by atoms with Gasteiger partial charge in [0.2, 0.25) is 0 Å². The van der Waals surface area contributed by atoms with Crippen molar-refractivity contribution in [3.05, 3.63) is 88.2 Å². The smallest absolute Gasteiger partial charge is 0.273 e. The predicted octanol–water partition coefficient (Wildman–Crippen LogP) is 3.23. The van der Waals surface area contributed by atoms with Crippen LogP contribution in [-0.4, -0.2) is 41.3 Å². The van der Waals surface area contributed by atoms with Gasteiger partial charge in [-0.3, -0.25) is 14.6 Å². The standard InChI is InChI=1S/C22H19BrN4O4/c23-17-4-5-20(26-21(29)16-6-8-24-9-7-16)19(13-17)22(30)27-25-14-15-2-1-3-18(12-15)31-11-10-28/h1-9,12-14,28H,10-11H2,(H,26,29)(H,27,30)/b25-14+. The third-order valence-electron chi connectivity index (χ3n) is 4.01. The molecule has 3 aromatic rings. The van der Waals surface area contributed by atoms with Gasteiger partial charge in [-0.05, 0) is 48.0 Å². The largest absolute Gasteiger partial charge is 0.491 e. The second-order valence-electron chi connectivity index (χ2n) is 6.22. The number of carbonyl (C=O) groups is 2. The van der Waals surface area contributed by atoms with E-state index in [4.69, 9.17) is 9.84 Å². The molecular formula is C22H19BrN4O4. The summed E-state index contributed by atoms with van der Waals surface area (Å²) in [4.78, 5) is 29.0. The Kier molecular flexibility index (Phi) is 7.85. The number of aliphatic hydroxyl groups is 1. The molecule has 0 unspecified atom stereocenters. The number of aromatic nitrogens is 1. The first kappa shape index (κ1) is 22.1. The number of pyridine rings is 1. The Morgan fingerprint density at radius 1 is 1.10 bits per heavy atom. The molecule has 1 aromatic heterocycles. The van der Waals surface area contributed by atoms with Crippen LogP contribution in [0.1, 0.15) is 26.3 Å². The van der Waals surface area contributed by atoms with Gasteiger partial charge in [0.1, 0.15) is 12.4 Å². The molecule has 0 radical (unpaired) electrons. The summed E-state index contributed by atoms with van der Waals surface area (Å²) in [7, 11) is 0. The highest BCUT2D eigenvalue weighted by molar-refractivity contribution is 9.10. The van der Waals surface area contributed by atoms with Gasteiger partial charge in [-0.25, -0.2) is 5.43 Å². The molecule has 0 saturated carbocycles. The van der Waals surface area contributed by atoms with Gasteiger partial charge in [0.15, 0.2) is 0 Å². The Balaban J connectivity index is 1.71. The minimum Gasteiger partial charge on any atom is -0.491 e. The summed E-state index contributed by atoms with van der Waals surface area (Å²) in [6.45, 7) is 0.106. The molecule has 0 fully saturated rings. The molecule has 158 valence electrons. The normalized spacial score (nSPS) is 10.6. The number of hydrogen-bond donors (Lipinski definition) is 3. The Morgan fingerprint density at radius 3 is 2.68 bits per heavy atom. The number of amides is 2. The number of ether oxygens (including phenoxy) is 1. The topological polar surface area (TPSA) is 113 Å². The van der Waals surface area contributed by atoms with Gasteiger partial charge in [-0.15, -0.1) is 0 Å². The summed E-state index contributed by atoms with van der Waals surface area (Å²) in [5.74, 6) is -0.269. The van der Waals surface area contributed by atoms with E-state index >= 15 is 0 Å². The summed E-state index contributed by atoms with van der Waals surface area (Å²) in [5, 5.41) is 15.6. The maximum atomic E-state index is 12.7. The van der Waals surface area contributed by atoms with Crippen molar-refractivity contribution in [1.82, 2.24) is 10.4 Å². The molecule has 3 rings (SSSR count). The number of nitrogens with zero attached hydrogens (tertiary/aromatic N) is 2. The Hall–Kier alpha value is -3.56. The molecule has 31 heavy (non-hydrogen) atoms. The number of anilines is 1. The molecule has 0 bridgehead atoms. The molecule has 8 nitrogen and oxygen atoms in total. The number of hydrogen-bond acceptors (Lipinski definition) is 6. The van der Waals surface area contributed by atoms with E-state index in [0.29, 0.717) is 27.0 Å². The van der Waals surface area contributed by atoms with Gasteiger partial charge in [-0.1, -0.05) is 28.1 Å². The van der Waals surface area contributed by atoms with Crippen LogP contribution in [0.3, 0.4) is 0 Å². The van der Waals surface area contributed by atoms with Crippen molar-refractivity contribution in [3.63, 3.8) is 0 Å². The van der Waals surface area contributed by atoms with Gasteiger partial charge in [0.05, 0.1) is 24.1 Å². The minimum atomic E-state index is -0.490. The average molecular weight is 483 g/mol. The fraction of sp³-hybridized carbons (Fsp3) is 0.0909. The van der Waals surface area contributed by atoms with Crippen molar-refractivity contribution in [1.29, 1.82) is 0 Å². The molecule has 9 heteroatoms. The van der Waals surface area contributed by atoms with E-state index in [1.807, 2.05) is 0 Å². The highest BCUT2D eigenvalue weighted by Crippen LogP contribution is 2.22. The summed E-state index contributed by atoms with van der Waals surface area (Å²) < 4.78 is 6.02. The molecule has 0 spiro atoms. The van der Waals surface area contributed by atoms with E-state index in [1.165, 1.54) is 18.6 Å². The monoisotopic (exact) mass is 482 g/mol. The maximum absolute atomic E-state index is 12.7. The van der Waals surface area contributed by atoms with Crippen molar-refractivity contribution in [2.45, 2.75) is 0 Å². The number of nitrogens with one attached hydrogen (secondary N) is 2. The van der Waals surface area contributed by atoms with Gasteiger partial charge in [-0.2, -0.15) is 5.10 Å². The fourth-order valence-corrected chi connectivity index (χ4v) is 2.95. The molecular weight excluding hydrogens is 464 g/mol. The van der Waals surface area contributed by atoms with Crippen LogP contribution in [0.25, 0.3) is 0 Å². The van der Waals surface area contributed by atoms with Crippen molar-refractivity contribution < 1.29 is 19.4 Å². The molecule has 0 aliphatic rings. The summed E-state index contributed by atoms with van der Waals surface area (Å²) in [6, 6.07) is 15.2. The number of carbonyl (C=O) groups excluding carboxylic acids is 2. The summed E-state index contributed by atoms with van der Waals surface area (Å²) in [6.07, 6.45) is 4.50. The van der Waals surface area contributed by atoms with Crippen LogP contribution in [-0.2, 0) is 0 Å². The molecule has 0 saturated heterocycles. The first-order valence-corrected chi connectivity index (χ1v) is 10.0. The van der Waals surface area contributed by atoms with Crippen LogP contribution in [0, 0.1) is 0 Å². The van der Waals surface area contributed by atoms with E-state index in [-0.39, 0.29) is 24.7 Å².